The first-order valence-corrected chi connectivity index (χ1v) is 9.50. The van der Waals surface area contributed by atoms with Crippen molar-refractivity contribution in [2.75, 3.05) is 0 Å². The molecule has 0 atom stereocenters. The second kappa shape index (κ2) is 6.05. The molecular formula is C17H20N2O4S. The average Bonchev–Trinajstić information content (AvgIpc) is 3.36. The molecular weight excluding hydrogens is 328 g/mol. The van der Waals surface area contributed by atoms with E-state index in [-0.39, 0.29) is 28.7 Å². The number of nitrogens with zero attached hydrogens (tertiary/aromatic N) is 2. The van der Waals surface area contributed by atoms with Crippen LogP contribution in [0.25, 0.3) is 0 Å². The molecule has 6 nitrogen and oxygen atoms in total. The van der Waals surface area contributed by atoms with Gasteiger partial charge in [0.2, 0.25) is 0 Å². The molecule has 1 aliphatic rings. The zero-order chi connectivity index (χ0) is 17.5. The number of benzene rings is 1. The van der Waals surface area contributed by atoms with Gasteiger partial charge in [-0.05, 0) is 44.4 Å². The quantitative estimate of drug-likeness (QED) is 0.822. The normalized spacial score (nSPS) is 15.0. The lowest BCUT2D eigenvalue weighted by Crippen LogP contribution is -2.38. The van der Waals surface area contributed by atoms with Crippen molar-refractivity contribution in [1.82, 2.24) is 9.13 Å². The predicted molar refractivity (Wildman–Crippen MR) is 91.1 cm³/mol. The molecule has 0 spiro atoms. The molecule has 0 aliphatic heterocycles. The molecule has 0 radical (unpaired) electrons. The third-order valence-electron chi connectivity index (χ3n) is 4.25. The Morgan fingerprint density at radius 1 is 1.08 bits per heavy atom. The molecule has 1 aromatic carbocycles. The van der Waals surface area contributed by atoms with E-state index in [1.54, 1.807) is 36.7 Å². The zero-order valence-corrected chi connectivity index (χ0v) is 14.5. The summed E-state index contributed by atoms with van der Waals surface area (Å²) < 4.78 is 27.0. The van der Waals surface area contributed by atoms with Crippen molar-refractivity contribution in [3.63, 3.8) is 0 Å². The van der Waals surface area contributed by atoms with E-state index < -0.39 is 15.1 Å². The molecule has 2 aromatic rings. The molecule has 1 fully saturated rings. The van der Waals surface area contributed by atoms with Crippen LogP contribution in [0.4, 0.5) is 0 Å². The number of sulfone groups is 1. The van der Waals surface area contributed by atoms with Gasteiger partial charge in [0, 0.05) is 18.3 Å². The Bertz CT molecular complexity index is 965. The summed E-state index contributed by atoms with van der Waals surface area (Å²) in [4.78, 5) is 24.7. The Kier molecular flexibility index (Phi) is 4.21. The van der Waals surface area contributed by atoms with Crippen LogP contribution in [0.3, 0.4) is 0 Å². The maximum atomic E-state index is 12.4. The summed E-state index contributed by atoms with van der Waals surface area (Å²) in [6, 6.07) is 7.95. The van der Waals surface area contributed by atoms with Crippen LogP contribution in [0, 0.1) is 0 Å². The van der Waals surface area contributed by atoms with Crippen molar-refractivity contribution in [2.45, 2.75) is 49.4 Å². The molecule has 0 unspecified atom stereocenters. The topological polar surface area (TPSA) is 78.1 Å². The van der Waals surface area contributed by atoms with Crippen molar-refractivity contribution in [1.29, 1.82) is 0 Å². The van der Waals surface area contributed by atoms with Gasteiger partial charge < -0.3 is 0 Å². The lowest BCUT2D eigenvalue weighted by Gasteiger charge is -2.11. The Labute approximate surface area is 140 Å². The molecule has 0 bridgehead atoms. The van der Waals surface area contributed by atoms with E-state index in [1.807, 2.05) is 0 Å². The molecule has 3 rings (SSSR count). The minimum absolute atomic E-state index is 0.132. The van der Waals surface area contributed by atoms with Gasteiger partial charge in [-0.15, -0.1) is 0 Å². The Morgan fingerprint density at radius 3 is 2.25 bits per heavy atom. The molecule has 128 valence electrons. The zero-order valence-electron chi connectivity index (χ0n) is 13.7. The SMILES string of the molecule is CC(C)S(=O)(=O)c1ccc(Cn2c(=O)ccn(C3CC3)c2=O)cc1. The van der Waals surface area contributed by atoms with Crippen molar-refractivity contribution in [3.8, 4) is 0 Å². The first-order valence-electron chi connectivity index (χ1n) is 7.95. The van der Waals surface area contributed by atoms with Crippen LogP contribution in [0.2, 0.25) is 0 Å². The van der Waals surface area contributed by atoms with Gasteiger partial charge in [0.15, 0.2) is 9.84 Å². The third-order valence-corrected chi connectivity index (χ3v) is 6.42. The number of hydrogen-bond donors (Lipinski definition) is 0. The van der Waals surface area contributed by atoms with Crippen molar-refractivity contribution < 1.29 is 8.42 Å². The van der Waals surface area contributed by atoms with E-state index in [1.165, 1.54) is 22.8 Å². The first kappa shape index (κ1) is 16.7. The minimum atomic E-state index is -3.33. The van der Waals surface area contributed by atoms with E-state index >= 15 is 0 Å². The molecule has 24 heavy (non-hydrogen) atoms. The lowest BCUT2D eigenvalue weighted by atomic mass is 10.2. The number of aromatic nitrogens is 2. The molecule has 1 saturated carbocycles. The fraction of sp³-hybridized carbons (Fsp3) is 0.412. The van der Waals surface area contributed by atoms with Crippen molar-refractivity contribution >= 4 is 9.84 Å². The Balaban J connectivity index is 1.91. The summed E-state index contributed by atoms with van der Waals surface area (Å²) in [5.41, 5.74) is 0.0464. The van der Waals surface area contributed by atoms with Crippen LogP contribution in [0.1, 0.15) is 38.3 Å². The standard InChI is InChI=1S/C17H20N2O4S/c1-12(2)24(22,23)15-7-3-13(4-8-15)11-19-16(20)9-10-18(17(19)21)14-5-6-14/h3-4,7-10,12,14H,5-6,11H2,1-2H3. The van der Waals surface area contributed by atoms with Gasteiger partial charge in [-0.3, -0.25) is 13.9 Å². The highest BCUT2D eigenvalue weighted by molar-refractivity contribution is 7.92. The molecule has 1 aromatic heterocycles. The largest absolute Gasteiger partial charge is 0.331 e. The van der Waals surface area contributed by atoms with Crippen LogP contribution in [-0.4, -0.2) is 22.8 Å². The van der Waals surface area contributed by atoms with Crippen LogP contribution < -0.4 is 11.2 Å². The van der Waals surface area contributed by atoms with Crippen molar-refractivity contribution in [2.24, 2.45) is 0 Å². The summed E-state index contributed by atoms with van der Waals surface area (Å²) >= 11 is 0. The molecule has 1 heterocycles. The van der Waals surface area contributed by atoms with Crippen LogP contribution in [0.15, 0.2) is 51.0 Å². The summed E-state index contributed by atoms with van der Waals surface area (Å²) in [5, 5.41) is -0.495. The smallest absolute Gasteiger partial charge is 0.297 e. The Hall–Kier alpha value is -2.15. The highest BCUT2D eigenvalue weighted by Gasteiger charge is 2.25. The van der Waals surface area contributed by atoms with E-state index in [0.717, 1.165) is 12.8 Å². The second-order valence-corrected chi connectivity index (χ2v) is 8.90. The summed E-state index contributed by atoms with van der Waals surface area (Å²) in [6.07, 6.45) is 3.47. The maximum absolute atomic E-state index is 12.4. The first-order chi connectivity index (χ1) is 11.3. The molecule has 7 heteroatoms. The minimum Gasteiger partial charge on any atom is -0.297 e. The van der Waals surface area contributed by atoms with Gasteiger partial charge in [0.25, 0.3) is 5.56 Å². The van der Waals surface area contributed by atoms with Crippen LogP contribution in [-0.2, 0) is 16.4 Å². The molecule has 0 saturated heterocycles. The number of hydrogen-bond acceptors (Lipinski definition) is 4. The van der Waals surface area contributed by atoms with Gasteiger partial charge in [0.1, 0.15) is 0 Å². The van der Waals surface area contributed by atoms with Crippen LogP contribution >= 0.6 is 0 Å². The van der Waals surface area contributed by atoms with Crippen LogP contribution in [0.5, 0.6) is 0 Å². The number of rotatable bonds is 5. The predicted octanol–water partition coefficient (Wildman–Crippen LogP) is 1.58. The lowest BCUT2D eigenvalue weighted by molar-refractivity contribution is 0.586. The summed E-state index contributed by atoms with van der Waals surface area (Å²) in [5.74, 6) is 0. The van der Waals surface area contributed by atoms with Gasteiger partial charge in [-0.2, -0.15) is 0 Å². The van der Waals surface area contributed by atoms with Gasteiger partial charge >= 0.3 is 5.69 Å². The highest BCUT2D eigenvalue weighted by Crippen LogP contribution is 2.32. The monoisotopic (exact) mass is 348 g/mol. The summed E-state index contributed by atoms with van der Waals surface area (Å²) in [7, 11) is -3.33. The van der Waals surface area contributed by atoms with E-state index in [2.05, 4.69) is 0 Å². The van der Waals surface area contributed by atoms with E-state index in [4.69, 9.17) is 0 Å². The highest BCUT2D eigenvalue weighted by atomic mass is 32.2. The fourth-order valence-corrected chi connectivity index (χ4v) is 3.61. The second-order valence-electron chi connectivity index (χ2n) is 6.40. The molecule has 1 aliphatic carbocycles. The van der Waals surface area contributed by atoms with Gasteiger partial charge in [-0.25, -0.2) is 13.2 Å². The Morgan fingerprint density at radius 2 is 1.71 bits per heavy atom. The van der Waals surface area contributed by atoms with Gasteiger partial charge in [-0.1, -0.05) is 12.1 Å². The fourth-order valence-electron chi connectivity index (χ4n) is 2.55. The van der Waals surface area contributed by atoms with Gasteiger partial charge in [0.05, 0.1) is 16.7 Å². The van der Waals surface area contributed by atoms with Crippen molar-refractivity contribution in [3.05, 3.63) is 62.9 Å². The average molecular weight is 348 g/mol. The van der Waals surface area contributed by atoms with E-state index in [0.29, 0.717) is 5.56 Å². The molecule has 0 amide bonds. The third kappa shape index (κ3) is 3.08. The maximum Gasteiger partial charge on any atom is 0.331 e. The van der Waals surface area contributed by atoms with E-state index in [9.17, 15) is 18.0 Å². The summed E-state index contributed by atoms with van der Waals surface area (Å²) in [6.45, 7) is 3.40. The molecule has 0 N–H and O–H groups in total.